The van der Waals surface area contributed by atoms with Crippen molar-refractivity contribution in [3.63, 3.8) is 0 Å². The molecule has 1 atom stereocenters. The molecule has 9 heteroatoms. The van der Waals surface area contributed by atoms with Crippen LogP contribution in [0.3, 0.4) is 0 Å². The number of likely N-dealkylation sites (tertiary alicyclic amines) is 1. The number of urea groups is 1. The van der Waals surface area contributed by atoms with E-state index < -0.39 is 0 Å². The Bertz CT molecular complexity index is 1060. The van der Waals surface area contributed by atoms with E-state index in [4.69, 9.17) is 11.6 Å². The SMILES string of the molecule is Cc1ncc(NC(=O)N2CCC[C@@H]2c2nnc(C)n2Cc2ccc(Cl)cc2)c(C)n1. The molecule has 2 amide bonds. The highest BCUT2D eigenvalue weighted by Gasteiger charge is 2.34. The minimum Gasteiger partial charge on any atom is -0.314 e. The number of carbonyl (C=O) groups excluding carboxylic acids is 1. The fourth-order valence-corrected chi connectivity index (χ4v) is 3.91. The number of aryl methyl sites for hydroxylation is 3. The zero-order chi connectivity index (χ0) is 21.3. The molecule has 0 saturated carbocycles. The summed E-state index contributed by atoms with van der Waals surface area (Å²) in [7, 11) is 0. The van der Waals surface area contributed by atoms with Gasteiger partial charge in [0.05, 0.1) is 30.2 Å². The minimum absolute atomic E-state index is 0.134. The van der Waals surface area contributed by atoms with Crippen LogP contribution >= 0.6 is 11.6 Å². The van der Waals surface area contributed by atoms with Crippen LogP contribution < -0.4 is 5.32 Å². The molecule has 0 spiro atoms. The zero-order valence-corrected chi connectivity index (χ0v) is 18.0. The average molecular weight is 426 g/mol. The molecule has 1 N–H and O–H groups in total. The van der Waals surface area contributed by atoms with Gasteiger partial charge in [0, 0.05) is 11.6 Å². The van der Waals surface area contributed by atoms with Crippen molar-refractivity contribution in [2.45, 2.75) is 46.2 Å². The number of rotatable bonds is 4. The Hall–Kier alpha value is -3.00. The average Bonchev–Trinajstić information content (AvgIpc) is 3.33. The first-order valence-corrected chi connectivity index (χ1v) is 10.3. The second-order valence-electron chi connectivity index (χ2n) is 7.52. The Kier molecular flexibility index (Phi) is 5.67. The topological polar surface area (TPSA) is 88.8 Å². The highest BCUT2D eigenvalue weighted by molar-refractivity contribution is 6.30. The molecule has 156 valence electrons. The van der Waals surface area contributed by atoms with Gasteiger partial charge in [-0.05, 0) is 51.3 Å². The molecular weight excluding hydrogens is 402 g/mol. The molecule has 0 aliphatic carbocycles. The van der Waals surface area contributed by atoms with E-state index >= 15 is 0 Å². The molecule has 0 radical (unpaired) electrons. The maximum Gasteiger partial charge on any atom is 0.322 e. The number of nitrogens with one attached hydrogen (secondary N) is 1. The molecule has 2 aromatic heterocycles. The minimum atomic E-state index is -0.174. The largest absolute Gasteiger partial charge is 0.322 e. The number of hydrogen-bond donors (Lipinski definition) is 1. The van der Waals surface area contributed by atoms with Gasteiger partial charge in [-0.15, -0.1) is 10.2 Å². The Morgan fingerprint density at radius 3 is 2.70 bits per heavy atom. The molecular formula is C21H24ClN7O. The van der Waals surface area contributed by atoms with Crippen LogP contribution in [0.25, 0.3) is 0 Å². The zero-order valence-electron chi connectivity index (χ0n) is 17.3. The highest BCUT2D eigenvalue weighted by atomic mass is 35.5. The van der Waals surface area contributed by atoms with Crippen LogP contribution in [0.1, 0.15) is 47.6 Å². The number of hydrogen-bond acceptors (Lipinski definition) is 5. The van der Waals surface area contributed by atoms with Crippen LogP contribution in [-0.4, -0.2) is 42.2 Å². The summed E-state index contributed by atoms with van der Waals surface area (Å²) in [5.41, 5.74) is 2.47. The third-order valence-electron chi connectivity index (χ3n) is 5.37. The number of amides is 2. The van der Waals surface area contributed by atoms with Crippen LogP contribution in [0.15, 0.2) is 30.5 Å². The Balaban J connectivity index is 1.56. The summed E-state index contributed by atoms with van der Waals surface area (Å²) in [5.74, 6) is 2.29. The molecule has 1 fully saturated rings. The molecule has 4 rings (SSSR count). The predicted octanol–water partition coefficient (Wildman–Crippen LogP) is 4.06. The lowest BCUT2D eigenvalue weighted by molar-refractivity contribution is 0.203. The summed E-state index contributed by atoms with van der Waals surface area (Å²) in [6.45, 7) is 6.90. The normalized spacial score (nSPS) is 16.1. The summed E-state index contributed by atoms with van der Waals surface area (Å²) in [5, 5.41) is 12.4. The molecule has 0 unspecified atom stereocenters. The van der Waals surface area contributed by atoms with Crippen molar-refractivity contribution in [3.05, 3.63) is 64.2 Å². The standard InChI is InChI=1S/C21H24ClN7O/c1-13-18(11-23-14(2)24-13)25-21(30)28-10-4-5-19(28)20-27-26-15(3)29(20)12-16-6-8-17(22)9-7-16/h6-9,11,19H,4-5,10,12H2,1-3H3,(H,25,30)/t19-/m1/s1. The third kappa shape index (κ3) is 4.14. The summed E-state index contributed by atoms with van der Waals surface area (Å²) in [4.78, 5) is 23.4. The van der Waals surface area contributed by atoms with Crippen LogP contribution in [-0.2, 0) is 6.54 Å². The van der Waals surface area contributed by atoms with Crippen molar-refractivity contribution in [1.82, 2.24) is 29.6 Å². The number of carbonyl (C=O) groups is 1. The number of benzene rings is 1. The van der Waals surface area contributed by atoms with E-state index in [2.05, 4.69) is 30.0 Å². The maximum atomic E-state index is 13.0. The van der Waals surface area contributed by atoms with Crippen LogP contribution in [0.4, 0.5) is 10.5 Å². The van der Waals surface area contributed by atoms with E-state index in [-0.39, 0.29) is 12.1 Å². The predicted molar refractivity (Wildman–Crippen MR) is 115 cm³/mol. The fraction of sp³-hybridized carbons (Fsp3) is 0.381. The van der Waals surface area contributed by atoms with Crippen molar-refractivity contribution >= 4 is 23.3 Å². The van der Waals surface area contributed by atoms with Crippen molar-refractivity contribution in [3.8, 4) is 0 Å². The van der Waals surface area contributed by atoms with Crippen LogP contribution in [0.5, 0.6) is 0 Å². The number of aromatic nitrogens is 5. The van der Waals surface area contributed by atoms with Crippen molar-refractivity contribution < 1.29 is 4.79 Å². The Labute approximate surface area is 180 Å². The molecule has 3 heterocycles. The lowest BCUT2D eigenvalue weighted by Gasteiger charge is -2.25. The van der Waals surface area contributed by atoms with Gasteiger partial charge in [0.15, 0.2) is 5.82 Å². The highest BCUT2D eigenvalue weighted by Crippen LogP contribution is 2.32. The van der Waals surface area contributed by atoms with Gasteiger partial charge in [-0.25, -0.2) is 14.8 Å². The van der Waals surface area contributed by atoms with E-state index in [0.29, 0.717) is 29.6 Å². The quantitative estimate of drug-likeness (QED) is 0.680. The molecule has 1 saturated heterocycles. The van der Waals surface area contributed by atoms with Gasteiger partial charge in [-0.3, -0.25) is 0 Å². The first kappa shape index (κ1) is 20.3. The van der Waals surface area contributed by atoms with E-state index in [1.54, 1.807) is 6.20 Å². The summed E-state index contributed by atoms with van der Waals surface area (Å²) in [6.07, 6.45) is 3.40. The Morgan fingerprint density at radius 1 is 1.20 bits per heavy atom. The Morgan fingerprint density at radius 2 is 1.97 bits per heavy atom. The van der Waals surface area contributed by atoms with Gasteiger partial charge >= 0.3 is 6.03 Å². The van der Waals surface area contributed by atoms with Gasteiger partial charge in [0.1, 0.15) is 11.6 Å². The summed E-state index contributed by atoms with van der Waals surface area (Å²) >= 11 is 6.01. The van der Waals surface area contributed by atoms with E-state index in [0.717, 1.165) is 35.7 Å². The molecule has 30 heavy (non-hydrogen) atoms. The molecule has 3 aromatic rings. The second-order valence-corrected chi connectivity index (χ2v) is 7.95. The van der Waals surface area contributed by atoms with Gasteiger partial charge < -0.3 is 14.8 Å². The number of halogens is 1. The monoisotopic (exact) mass is 425 g/mol. The van der Waals surface area contributed by atoms with Crippen molar-refractivity contribution in [2.24, 2.45) is 0 Å². The molecule has 8 nitrogen and oxygen atoms in total. The van der Waals surface area contributed by atoms with Crippen LogP contribution in [0, 0.1) is 20.8 Å². The van der Waals surface area contributed by atoms with E-state index in [1.165, 1.54) is 0 Å². The first-order valence-electron chi connectivity index (χ1n) is 9.94. The second kappa shape index (κ2) is 8.39. The first-order chi connectivity index (χ1) is 14.4. The number of nitrogens with zero attached hydrogens (tertiary/aromatic N) is 6. The summed E-state index contributed by atoms with van der Waals surface area (Å²) < 4.78 is 2.07. The number of anilines is 1. The van der Waals surface area contributed by atoms with Crippen LogP contribution in [0.2, 0.25) is 5.02 Å². The van der Waals surface area contributed by atoms with Gasteiger partial charge in [0.25, 0.3) is 0 Å². The lowest BCUT2D eigenvalue weighted by atomic mass is 10.2. The smallest absolute Gasteiger partial charge is 0.314 e. The van der Waals surface area contributed by atoms with Crippen molar-refractivity contribution in [1.29, 1.82) is 0 Å². The molecule has 1 aliphatic heterocycles. The van der Waals surface area contributed by atoms with Gasteiger partial charge in [0.2, 0.25) is 0 Å². The molecule has 1 aromatic carbocycles. The molecule has 0 bridgehead atoms. The summed E-state index contributed by atoms with van der Waals surface area (Å²) in [6, 6.07) is 7.42. The van der Waals surface area contributed by atoms with E-state index in [9.17, 15) is 4.79 Å². The molecule has 1 aliphatic rings. The van der Waals surface area contributed by atoms with E-state index in [1.807, 2.05) is 49.9 Å². The maximum absolute atomic E-state index is 13.0. The van der Waals surface area contributed by atoms with Crippen molar-refractivity contribution in [2.75, 3.05) is 11.9 Å². The third-order valence-corrected chi connectivity index (χ3v) is 5.62. The fourth-order valence-electron chi connectivity index (χ4n) is 3.78. The van der Waals surface area contributed by atoms with Gasteiger partial charge in [-0.1, -0.05) is 23.7 Å². The lowest BCUT2D eigenvalue weighted by Crippen LogP contribution is -2.36. The van der Waals surface area contributed by atoms with Gasteiger partial charge in [-0.2, -0.15) is 0 Å².